The van der Waals surface area contributed by atoms with Gasteiger partial charge in [0.2, 0.25) is 22.7 Å². The van der Waals surface area contributed by atoms with Crippen molar-refractivity contribution in [3.05, 3.63) is 47.5 Å². The van der Waals surface area contributed by atoms with Gasteiger partial charge < -0.3 is 19.1 Å². The number of carbonyl (C=O) groups excluding carboxylic acids is 1. The maximum atomic E-state index is 12.9. The molecule has 2 aliphatic rings. The molecule has 2 aromatic carbocycles. The van der Waals surface area contributed by atoms with Crippen LogP contribution < -0.4 is 18.9 Å². The molecule has 0 bridgehead atoms. The van der Waals surface area contributed by atoms with Crippen molar-refractivity contribution in [3.8, 4) is 17.2 Å². The Morgan fingerprint density at radius 3 is 2.53 bits per heavy atom. The van der Waals surface area contributed by atoms with E-state index in [2.05, 4.69) is 9.62 Å². The zero-order valence-corrected chi connectivity index (χ0v) is 20.6. The Balaban J connectivity index is 1.30. The van der Waals surface area contributed by atoms with Gasteiger partial charge in [0.25, 0.3) is 0 Å². The highest BCUT2D eigenvalue weighted by molar-refractivity contribution is 7.89. The SMILES string of the molecule is CCOc1ccc(S(=O)(=O)N[C@@H](C)C(=O)N2CCN(Cc3ccc4c(c3)OCO4)CC2)cc1C. The maximum absolute atomic E-state index is 12.9. The molecule has 10 heteroatoms. The van der Waals surface area contributed by atoms with Crippen molar-refractivity contribution < 1.29 is 27.4 Å². The fraction of sp³-hybridized carbons (Fsp3) is 0.458. The lowest BCUT2D eigenvalue weighted by molar-refractivity contribution is -0.134. The summed E-state index contributed by atoms with van der Waals surface area (Å²) in [7, 11) is -3.84. The summed E-state index contributed by atoms with van der Waals surface area (Å²) in [6.07, 6.45) is 0. The molecule has 1 amide bonds. The molecule has 0 saturated carbocycles. The molecule has 184 valence electrons. The summed E-state index contributed by atoms with van der Waals surface area (Å²) in [4.78, 5) is 17.0. The maximum Gasteiger partial charge on any atom is 0.241 e. The third kappa shape index (κ3) is 5.45. The van der Waals surface area contributed by atoms with Crippen LogP contribution in [0.3, 0.4) is 0 Å². The lowest BCUT2D eigenvalue weighted by atomic mass is 10.1. The molecule has 1 atom stereocenters. The van der Waals surface area contributed by atoms with Gasteiger partial charge in [0.05, 0.1) is 17.5 Å². The van der Waals surface area contributed by atoms with Crippen molar-refractivity contribution in [2.45, 2.75) is 38.3 Å². The molecule has 2 aromatic rings. The highest BCUT2D eigenvalue weighted by atomic mass is 32.2. The van der Waals surface area contributed by atoms with Crippen molar-refractivity contribution in [3.63, 3.8) is 0 Å². The summed E-state index contributed by atoms with van der Waals surface area (Å²) in [6.45, 7) is 9.24. The molecular weight excluding hydrogens is 458 g/mol. The van der Waals surface area contributed by atoms with Crippen LogP contribution in [0.4, 0.5) is 0 Å². The molecule has 0 aromatic heterocycles. The molecule has 4 rings (SSSR count). The van der Waals surface area contributed by atoms with Gasteiger partial charge in [0, 0.05) is 32.7 Å². The third-order valence-electron chi connectivity index (χ3n) is 5.99. The number of nitrogens with zero attached hydrogens (tertiary/aromatic N) is 2. The van der Waals surface area contributed by atoms with Gasteiger partial charge in [-0.3, -0.25) is 9.69 Å². The Morgan fingerprint density at radius 1 is 1.09 bits per heavy atom. The number of benzene rings is 2. The minimum atomic E-state index is -3.84. The van der Waals surface area contributed by atoms with Gasteiger partial charge >= 0.3 is 0 Å². The zero-order chi connectivity index (χ0) is 24.3. The highest BCUT2D eigenvalue weighted by Crippen LogP contribution is 2.33. The van der Waals surface area contributed by atoms with Crippen molar-refractivity contribution in [2.75, 3.05) is 39.6 Å². The predicted molar refractivity (Wildman–Crippen MR) is 127 cm³/mol. The summed E-state index contributed by atoms with van der Waals surface area (Å²) in [6, 6.07) is 9.74. The van der Waals surface area contributed by atoms with Gasteiger partial charge in [0.1, 0.15) is 5.75 Å². The summed E-state index contributed by atoms with van der Waals surface area (Å²) >= 11 is 0. The van der Waals surface area contributed by atoms with E-state index in [1.54, 1.807) is 30.9 Å². The van der Waals surface area contributed by atoms with Crippen LogP contribution in [-0.4, -0.2) is 69.7 Å². The molecule has 1 saturated heterocycles. The summed E-state index contributed by atoms with van der Waals surface area (Å²) < 4.78 is 44.5. The number of aryl methyl sites for hydroxylation is 1. The number of piperazine rings is 1. The minimum Gasteiger partial charge on any atom is -0.494 e. The van der Waals surface area contributed by atoms with E-state index in [1.165, 1.54) is 6.07 Å². The Bertz CT molecular complexity index is 1150. The van der Waals surface area contributed by atoms with Crippen LogP contribution in [0.25, 0.3) is 0 Å². The van der Waals surface area contributed by atoms with Crippen molar-refractivity contribution >= 4 is 15.9 Å². The fourth-order valence-corrected chi connectivity index (χ4v) is 5.44. The van der Waals surface area contributed by atoms with Gasteiger partial charge in [-0.1, -0.05) is 6.07 Å². The zero-order valence-electron chi connectivity index (χ0n) is 19.7. The average Bonchev–Trinajstić information content (AvgIpc) is 3.28. The molecule has 34 heavy (non-hydrogen) atoms. The fourth-order valence-electron chi connectivity index (χ4n) is 4.16. The number of ether oxygens (including phenoxy) is 3. The van der Waals surface area contributed by atoms with Gasteiger partial charge in [-0.25, -0.2) is 8.42 Å². The smallest absolute Gasteiger partial charge is 0.241 e. The topological polar surface area (TPSA) is 97.4 Å². The average molecular weight is 490 g/mol. The number of nitrogens with one attached hydrogen (secondary N) is 1. The first-order chi connectivity index (χ1) is 16.3. The summed E-state index contributed by atoms with van der Waals surface area (Å²) in [5.41, 5.74) is 1.85. The van der Waals surface area contributed by atoms with Gasteiger partial charge in [-0.2, -0.15) is 4.72 Å². The van der Waals surface area contributed by atoms with Crippen LogP contribution in [0.5, 0.6) is 17.2 Å². The number of hydrogen-bond donors (Lipinski definition) is 1. The van der Waals surface area contributed by atoms with Crippen molar-refractivity contribution in [2.24, 2.45) is 0 Å². The van der Waals surface area contributed by atoms with E-state index < -0.39 is 16.1 Å². The molecule has 1 fully saturated rings. The van der Waals surface area contributed by atoms with Crippen LogP contribution in [0.15, 0.2) is 41.3 Å². The number of rotatable bonds is 8. The standard InChI is InChI=1S/C24H31N3O6S/c1-4-31-21-8-6-20(13-17(21)2)34(29,30)25-18(3)24(28)27-11-9-26(10-12-27)15-19-5-7-22-23(14-19)33-16-32-22/h5-8,13-14,18,25H,4,9-12,15-16H2,1-3H3/t18-/m0/s1. The number of amides is 1. The van der Waals surface area contributed by atoms with Gasteiger partial charge in [-0.05, 0) is 62.2 Å². The Kier molecular flexibility index (Phi) is 7.30. The number of carbonyl (C=O) groups is 1. The van der Waals surface area contributed by atoms with E-state index in [0.717, 1.165) is 29.2 Å². The Labute approximate surface area is 200 Å². The van der Waals surface area contributed by atoms with Crippen LogP contribution in [0.1, 0.15) is 25.0 Å². The third-order valence-corrected chi connectivity index (χ3v) is 7.52. The second-order valence-corrected chi connectivity index (χ2v) is 10.2. The molecule has 0 aliphatic carbocycles. The van der Waals surface area contributed by atoms with Crippen LogP contribution in [-0.2, 0) is 21.4 Å². The molecule has 2 aliphatic heterocycles. The first-order valence-corrected chi connectivity index (χ1v) is 12.9. The quantitative estimate of drug-likeness (QED) is 0.607. The largest absolute Gasteiger partial charge is 0.494 e. The molecule has 0 radical (unpaired) electrons. The Morgan fingerprint density at radius 2 is 1.82 bits per heavy atom. The van der Waals surface area contributed by atoms with E-state index in [1.807, 2.05) is 25.1 Å². The lowest BCUT2D eigenvalue weighted by Gasteiger charge is -2.36. The van der Waals surface area contributed by atoms with Crippen LogP contribution in [0, 0.1) is 6.92 Å². The van der Waals surface area contributed by atoms with Gasteiger partial charge in [0.15, 0.2) is 11.5 Å². The first-order valence-electron chi connectivity index (χ1n) is 11.4. The second kappa shape index (κ2) is 10.2. The lowest BCUT2D eigenvalue weighted by Crippen LogP contribution is -2.53. The first kappa shape index (κ1) is 24.3. The predicted octanol–water partition coefficient (Wildman–Crippen LogP) is 2.13. The number of fused-ring (bicyclic) bond motifs is 1. The monoisotopic (exact) mass is 489 g/mol. The Hall–Kier alpha value is -2.82. The molecule has 0 unspecified atom stereocenters. The van der Waals surface area contributed by atoms with Crippen LogP contribution >= 0.6 is 0 Å². The molecule has 9 nitrogen and oxygen atoms in total. The summed E-state index contributed by atoms with van der Waals surface area (Å²) in [5.74, 6) is 1.93. The van der Waals surface area contributed by atoms with Crippen molar-refractivity contribution in [1.82, 2.24) is 14.5 Å². The van der Waals surface area contributed by atoms with E-state index in [0.29, 0.717) is 38.5 Å². The molecule has 1 N–H and O–H groups in total. The van der Waals surface area contributed by atoms with Gasteiger partial charge in [-0.15, -0.1) is 0 Å². The van der Waals surface area contributed by atoms with Crippen LogP contribution in [0.2, 0.25) is 0 Å². The van der Waals surface area contributed by atoms with E-state index >= 15 is 0 Å². The number of hydrogen-bond acceptors (Lipinski definition) is 7. The second-order valence-electron chi connectivity index (χ2n) is 8.49. The van der Waals surface area contributed by atoms with E-state index in [4.69, 9.17) is 14.2 Å². The normalized spacial score (nSPS) is 17.0. The summed E-state index contributed by atoms with van der Waals surface area (Å²) in [5, 5.41) is 0. The van der Waals surface area contributed by atoms with E-state index in [-0.39, 0.29) is 17.6 Å². The molecular formula is C24H31N3O6S. The molecule has 2 heterocycles. The molecule has 0 spiro atoms. The minimum absolute atomic E-state index is 0.113. The van der Waals surface area contributed by atoms with E-state index in [9.17, 15) is 13.2 Å². The number of sulfonamides is 1. The van der Waals surface area contributed by atoms with Crippen molar-refractivity contribution in [1.29, 1.82) is 0 Å². The highest BCUT2D eigenvalue weighted by Gasteiger charge is 2.28.